The third-order valence-electron chi connectivity index (χ3n) is 2.59. The van der Waals surface area contributed by atoms with Crippen LogP contribution < -0.4 is 10.5 Å². The lowest BCUT2D eigenvalue weighted by Crippen LogP contribution is -2.06. The molecule has 0 heterocycles. The number of rotatable bonds is 3. The van der Waals surface area contributed by atoms with Crippen molar-refractivity contribution in [1.29, 1.82) is 0 Å². The number of hydrogen-bond donors (Lipinski definition) is 1. The lowest BCUT2D eigenvalue weighted by atomic mass is 10.1. The Bertz CT molecular complexity index is 661. The van der Waals surface area contributed by atoms with E-state index in [-0.39, 0.29) is 22.0 Å². The summed E-state index contributed by atoms with van der Waals surface area (Å²) in [6, 6.07) is 8.61. The van der Waals surface area contributed by atoms with Crippen molar-refractivity contribution in [3.63, 3.8) is 0 Å². The Morgan fingerprint density at radius 3 is 2.70 bits per heavy atom. The minimum atomic E-state index is -0.565. The van der Waals surface area contributed by atoms with Crippen LogP contribution in [0, 0.1) is 5.82 Å². The molecule has 6 heteroatoms. The van der Waals surface area contributed by atoms with E-state index in [2.05, 4.69) is 4.74 Å². The highest BCUT2D eigenvalue weighted by atomic mass is 35.5. The van der Waals surface area contributed by atoms with Crippen LogP contribution in [0.2, 0.25) is 5.02 Å². The van der Waals surface area contributed by atoms with Crippen molar-refractivity contribution in [3.05, 3.63) is 52.8 Å². The molecule has 0 saturated heterocycles. The van der Waals surface area contributed by atoms with Gasteiger partial charge in [-0.15, -0.1) is 0 Å². The van der Waals surface area contributed by atoms with E-state index < -0.39 is 11.8 Å². The van der Waals surface area contributed by atoms with Gasteiger partial charge in [0, 0.05) is 6.07 Å². The Labute approximate surface area is 119 Å². The van der Waals surface area contributed by atoms with Gasteiger partial charge in [0.15, 0.2) is 5.75 Å². The number of esters is 1. The third kappa shape index (κ3) is 2.83. The summed E-state index contributed by atoms with van der Waals surface area (Å²) in [5.74, 6) is -0.541. The number of ether oxygens (including phenoxy) is 2. The number of carbonyl (C=O) groups is 1. The van der Waals surface area contributed by atoms with Crippen LogP contribution in [0.25, 0.3) is 0 Å². The molecule has 2 aromatic rings. The zero-order valence-electron chi connectivity index (χ0n) is 10.5. The summed E-state index contributed by atoms with van der Waals surface area (Å²) in [4.78, 5) is 11.5. The molecule has 4 nitrogen and oxygen atoms in total. The molecule has 2 N–H and O–H groups in total. The molecule has 0 saturated carbocycles. The molecule has 0 fully saturated rings. The highest BCUT2D eigenvalue weighted by Crippen LogP contribution is 2.32. The first-order chi connectivity index (χ1) is 9.52. The Morgan fingerprint density at radius 2 is 2.05 bits per heavy atom. The quantitative estimate of drug-likeness (QED) is 0.693. The van der Waals surface area contributed by atoms with Crippen LogP contribution in [0.4, 0.5) is 10.1 Å². The lowest BCUT2D eigenvalue weighted by molar-refractivity contribution is 0.0601. The maximum Gasteiger partial charge on any atom is 0.340 e. The van der Waals surface area contributed by atoms with Gasteiger partial charge < -0.3 is 15.2 Å². The molecule has 0 amide bonds. The van der Waals surface area contributed by atoms with Crippen molar-refractivity contribution in [3.8, 4) is 11.5 Å². The maximum atomic E-state index is 13.1. The number of hydrogen-bond acceptors (Lipinski definition) is 4. The van der Waals surface area contributed by atoms with Crippen LogP contribution in [-0.2, 0) is 4.74 Å². The van der Waals surface area contributed by atoms with Crippen molar-refractivity contribution in [2.75, 3.05) is 12.8 Å². The summed E-state index contributed by atoms with van der Waals surface area (Å²) in [7, 11) is 1.26. The van der Waals surface area contributed by atoms with E-state index in [1.165, 1.54) is 31.4 Å². The number of anilines is 1. The summed E-state index contributed by atoms with van der Waals surface area (Å²) < 4.78 is 23.2. The predicted octanol–water partition coefficient (Wildman–Crippen LogP) is 3.64. The van der Waals surface area contributed by atoms with Crippen molar-refractivity contribution in [2.24, 2.45) is 0 Å². The van der Waals surface area contributed by atoms with Gasteiger partial charge in [-0.1, -0.05) is 17.7 Å². The molecule has 104 valence electrons. The largest absolute Gasteiger partial charge is 0.465 e. The fourth-order valence-electron chi connectivity index (χ4n) is 1.59. The van der Waals surface area contributed by atoms with Crippen LogP contribution in [0.1, 0.15) is 10.4 Å². The zero-order valence-corrected chi connectivity index (χ0v) is 11.3. The van der Waals surface area contributed by atoms with Gasteiger partial charge in [-0.25, -0.2) is 9.18 Å². The SMILES string of the molecule is COC(=O)c1cccc(Oc2ccc(F)c(Cl)c2)c1N. The minimum Gasteiger partial charge on any atom is -0.465 e. The van der Waals surface area contributed by atoms with Gasteiger partial charge in [-0.05, 0) is 24.3 Å². The second-order valence-corrected chi connectivity index (χ2v) is 4.29. The highest BCUT2D eigenvalue weighted by molar-refractivity contribution is 6.30. The van der Waals surface area contributed by atoms with Crippen LogP contribution in [0.5, 0.6) is 11.5 Å². The van der Waals surface area contributed by atoms with Crippen molar-refractivity contribution in [1.82, 2.24) is 0 Å². The fraction of sp³-hybridized carbons (Fsp3) is 0.0714. The van der Waals surface area contributed by atoms with Gasteiger partial charge in [0.25, 0.3) is 0 Å². The molecule has 0 unspecified atom stereocenters. The molecule has 0 aliphatic rings. The minimum absolute atomic E-state index is 0.0646. The molecular weight excluding hydrogens is 285 g/mol. The lowest BCUT2D eigenvalue weighted by Gasteiger charge is -2.11. The first-order valence-corrected chi connectivity index (χ1v) is 6.00. The average molecular weight is 296 g/mol. The predicted molar refractivity (Wildman–Crippen MR) is 73.7 cm³/mol. The van der Waals surface area contributed by atoms with Gasteiger partial charge in [0.1, 0.15) is 11.6 Å². The molecule has 0 aliphatic carbocycles. The van der Waals surface area contributed by atoms with Crippen molar-refractivity contribution in [2.45, 2.75) is 0 Å². The van der Waals surface area contributed by atoms with Crippen LogP contribution in [0.3, 0.4) is 0 Å². The molecular formula is C14H11ClFNO3. The van der Waals surface area contributed by atoms with Gasteiger partial charge in [-0.2, -0.15) is 0 Å². The van der Waals surface area contributed by atoms with E-state index in [0.29, 0.717) is 5.75 Å². The smallest absolute Gasteiger partial charge is 0.340 e. The van der Waals surface area contributed by atoms with E-state index in [4.69, 9.17) is 22.1 Å². The van der Waals surface area contributed by atoms with Crippen LogP contribution >= 0.6 is 11.6 Å². The van der Waals surface area contributed by atoms with Crippen LogP contribution in [0.15, 0.2) is 36.4 Å². The number of benzene rings is 2. The van der Waals surface area contributed by atoms with E-state index in [1.54, 1.807) is 12.1 Å². The summed E-state index contributed by atoms with van der Waals surface area (Å²) in [5.41, 5.74) is 6.17. The standard InChI is InChI=1S/C14H11ClFNO3/c1-19-14(18)9-3-2-4-12(13(9)17)20-8-5-6-11(16)10(15)7-8/h2-7H,17H2,1H3. The summed E-state index contributed by atoms with van der Waals surface area (Å²) in [6.45, 7) is 0. The van der Waals surface area contributed by atoms with Crippen molar-refractivity contribution >= 4 is 23.3 Å². The fourth-order valence-corrected chi connectivity index (χ4v) is 1.76. The van der Waals surface area contributed by atoms with E-state index in [1.807, 2.05) is 0 Å². The highest BCUT2D eigenvalue weighted by Gasteiger charge is 2.14. The molecule has 0 aromatic heterocycles. The number of nitrogen functional groups attached to an aromatic ring is 1. The molecule has 20 heavy (non-hydrogen) atoms. The molecule has 0 atom stereocenters. The second-order valence-electron chi connectivity index (χ2n) is 3.89. The van der Waals surface area contributed by atoms with Crippen molar-refractivity contribution < 1.29 is 18.7 Å². The topological polar surface area (TPSA) is 61.5 Å². The monoisotopic (exact) mass is 295 g/mol. The molecule has 2 aromatic carbocycles. The Kier molecular flexibility index (Phi) is 4.10. The number of nitrogens with two attached hydrogens (primary N) is 1. The third-order valence-corrected chi connectivity index (χ3v) is 2.88. The van der Waals surface area contributed by atoms with Gasteiger partial charge in [-0.3, -0.25) is 0 Å². The molecule has 0 spiro atoms. The normalized spacial score (nSPS) is 10.2. The number of para-hydroxylation sites is 1. The molecule has 0 aliphatic heterocycles. The average Bonchev–Trinajstić information content (AvgIpc) is 2.44. The summed E-state index contributed by atoms with van der Waals surface area (Å²) in [5, 5.41) is -0.0646. The van der Waals surface area contributed by atoms with E-state index in [0.717, 1.165) is 0 Å². The number of halogens is 2. The van der Waals surface area contributed by atoms with E-state index >= 15 is 0 Å². The zero-order chi connectivity index (χ0) is 14.7. The Hall–Kier alpha value is -2.27. The van der Waals surface area contributed by atoms with Gasteiger partial charge in [0.05, 0.1) is 23.4 Å². The molecule has 2 rings (SSSR count). The van der Waals surface area contributed by atoms with Gasteiger partial charge >= 0.3 is 5.97 Å². The second kappa shape index (κ2) is 5.79. The number of carbonyl (C=O) groups excluding carboxylic acids is 1. The van der Waals surface area contributed by atoms with Gasteiger partial charge in [0.2, 0.25) is 0 Å². The molecule has 0 bridgehead atoms. The molecule has 0 radical (unpaired) electrons. The first-order valence-electron chi connectivity index (χ1n) is 5.62. The Morgan fingerprint density at radius 1 is 1.30 bits per heavy atom. The summed E-state index contributed by atoms with van der Waals surface area (Å²) in [6.07, 6.45) is 0. The Balaban J connectivity index is 2.34. The first kappa shape index (κ1) is 14.1. The van der Waals surface area contributed by atoms with Crippen LogP contribution in [-0.4, -0.2) is 13.1 Å². The maximum absolute atomic E-state index is 13.1. The van der Waals surface area contributed by atoms with E-state index in [9.17, 15) is 9.18 Å². The number of methoxy groups -OCH3 is 1. The summed E-state index contributed by atoms with van der Waals surface area (Å²) >= 11 is 5.66.